The Labute approximate surface area is 197 Å². The number of benzene rings is 2. The molecule has 1 unspecified atom stereocenters. The molecule has 2 aromatic carbocycles. The number of nitrogens with zero attached hydrogens (tertiary/aromatic N) is 3. The van der Waals surface area contributed by atoms with Crippen LogP contribution in [0.25, 0.3) is 0 Å². The average molecular weight is 462 g/mol. The zero-order chi connectivity index (χ0) is 22.9. The maximum atomic E-state index is 13.5. The molecule has 0 N–H and O–H groups in total. The summed E-state index contributed by atoms with van der Waals surface area (Å²) >= 11 is 1.84. The van der Waals surface area contributed by atoms with Crippen molar-refractivity contribution >= 4 is 17.7 Å². The van der Waals surface area contributed by atoms with E-state index >= 15 is 0 Å². The number of ether oxygens (including phenoxy) is 1. The molecule has 0 bridgehead atoms. The van der Waals surface area contributed by atoms with Gasteiger partial charge in [-0.2, -0.15) is 0 Å². The van der Waals surface area contributed by atoms with Gasteiger partial charge in [-0.3, -0.25) is 19.3 Å². The van der Waals surface area contributed by atoms with Crippen LogP contribution in [0, 0.1) is 6.92 Å². The minimum absolute atomic E-state index is 0.0916. The van der Waals surface area contributed by atoms with Crippen LogP contribution >= 0.6 is 11.8 Å². The summed E-state index contributed by atoms with van der Waals surface area (Å²) in [5.74, 6) is 0.784. The second kappa shape index (κ2) is 9.08. The fourth-order valence-corrected chi connectivity index (χ4v) is 5.84. The Balaban J connectivity index is 1.70. The summed E-state index contributed by atoms with van der Waals surface area (Å²) < 4.78 is 7.13. The largest absolute Gasteiger partial charge is 0.385 e. The van der Waals surface area contributed by atoms with Gasteiger partial charge < -0.3 is 9.64 Å². The molecule has 0 spiro atoms. The molecule has 5 rings (SSSR count). The number of fused-ring (bicyclic) bond motifs is 3. The number of carbonyl (C=O) groups is 1. The third-order valence-electron chi connectivity index (χ3n) is 6.42. The van der Waals surface area contributed by atoms with Crippen LogP contribution in [0.4, 0.5) is 0 Å². The Bertz CT molecular complexity index is 1210. The summed E-state index contributed by atoms with van der Waals surface area (Å²) in [5.41, 5.74) is 4.52. The van der Waals surface area contributed by atoms with Crippen LogP contribution in [0.15, 0.2) is 70.5 Å². The van der Waals surface area contributed by atoms with E-state index in [4.69, 9.17) is 4.74 Å². The summed E-state index contributed by atoms with van der Waals surface area (Å²) in [6.07, 6.45) is 2.48. The molecule has 6 nitrogen and oxygen atoms in total. The first kappa shape index (κ1) is 21.8. The zero-order valence-electron chi connectivity index (χ0n) is 18.9. The van der Waals surface area contributed by atoms with Gasteiger partial charge in [-0.25, -0.2) is 0 Å². The SMILES string of the molecule is COCCCN1CN(C2c3ccccc3CSc3ccccc32)n2ccc(=O)c(C)c2C1=O. The number of hydrogen-bond donors (Lipinski definition) is 0. The maximum absolute atomic E-state index is 13.5. The van der Waals surface area contributed by atoms with Gasteiger partial charge in [0, 0.05) is 48.7 Å². The lowest BCUT2D eigenvalue weighted by Gasteiger charge is -2.44. The van der Waals surface area contributed by atoms with Crippen LogP contribution in [-0.2, 0) is 10.5 Å². The number of aromatic nitrogens is 1. The standard InChI is InChI=1S/C26H27N3O3S/c1-18-22(30)12-14-28-24(18)26(31)27(13-7-15-32-2)17-29(28)25-20-9-4-3-8-19(20)16-33-23-11-6-5-10-21(23)25/h3-6,8-12,14,25H,7,13,15-17H2,1-2H3. The molecule has 1 atom stereocenters. The number of hydrogen-bond acceptors (Lipinski definition) is 5. The molecule has 170 valence electrons. The molecule has 1 amide bonds. The van der Waals surface area contributed by atoms with Gasteiger partial charge in [0.25, 0.3) is 5.91 Å². The normalized spacial score (nSPS) is 17.3. The van der Waals surface area contributed by atoms with Gasteiger partial charge in [-0.05, 0) is 36.1 Å². The minimum atomic E-state index is -0.120. The fourth-order valence-electron chi connectivity index (χ4n) is 4.75. The van der Waals surface area contributed by atoms with E-state index in [0.29, 0.717) is 31.1 Å². The monoisotopic (exact) mass is 461 g/mol. The van der Waals surface area contributed by atoms with Crippen molar-refractivity contribution in [1.82, 2.24) is 9.58 Å². The van der Waals surface area contributed by atoms with Crippen LogP contribution < -0.4 is 10.4 Å². The van der Waals surface area contributed by atoms with E-state index in [1.165, 1.54) is 21.6 Å². The van der Waals surface area contributed by atoms with Crippen LogP contribution in [-0.4, -0.2) is 42.4 Å². The Hall–Kier alpha value is -3.03. The number of pyridine rings is 1. The highest BCUT2D eigenvalue weighted by atomic mass is 32.2. The van der Waals surface area contributed by atoms with E-state index < -0.39 is 0 Å². The smallest absolute Gasteiger partial charge is 0.274 e. The molecular weight excluding hydrogens is 434 g/mol. The van der Waals surface area contributed by atoms with Crippen molar-refractivity contribution in [3.05, 3.63) is 99.0 Å². The first-order chi connectivity index (χ1) is 16.1. The lowest BCUT2D eigenvalue weighted by atomic mass is 9.94. The summed E-state index contributed by atoms with van der Waals surface area (Å²) in [4.78, 5) is 29.1. The van der Waals surface area contributed by atoms with Crippen molar-refractivity contribution in [1.29, 1.82) is 0 Å². The fraction of sp³-hybridized carbons (Fsp3) is 0.308. The second-order valence-electron chi connectivity index (χ2n) is 8.42. The molecule has 2 aliphatic heterocycles. The quantitative estimate of drug-likeness (QED) is 0.539. The number of rotatable bonds is 5. The Morgan fingerprint density at radius 2 is 1.79 bits per heavy atom. The third kappa shape index (κ3) is 3.85. The predicted molar refractivity (Wildman–Crippen MR) is 130 cm³/mol. The highest BCUT2D eigenvalue weighted by molar-refractivity contribution is 7.98. The summed E-state index contributed by atoms with van der Waals surface area (Å²) in [6, 6.07) is 18.5. The number of carbonyl (C=O) groups excluding carboxylic acids is 1. The molecule has 3 heterocycles. The van der Waals surface area contributed by atoms with Crippen LogP contribution in [0.3, 0.4) is 0 Å². The van der Waals surface area contributed by atoms with Gasteiger partial charge in [0.05, 0.1) is 6.04 Å². The van der Waals surface area contributed by atoms with E-state index in [9.17, 15) is 9.59 Å². The van der Waals surface area contributed by atoms with Gasteiger partial charge in [-0.1, -0.05) is 42.5 Å². The molecule has 7 heteroatoms. The summed E-state index contributed by atoms with van der Waals surface area (Å²) in [7, 11) is 1.67. The highest BCUT2D eigenvalue weighted by Gasteiger charge is 2.37. The van der Waals surface area contributed by atoms with Gasteiger partial charge in [0.15, 0.2) is 5.43 Å². The molecular formula is C26H27N3O3S. The van der Waals surface area contributed by atoms with Crippen molar-refractivity contribution in [3.8, 4) is 0 Å². The van der Waals surface area contributed by atoms with Crippen molar-refractivity contribution in [2.24, 2.45) is 0 Å². The lowest BCUT2D eigenvalue weighted by molar-refractivity contribution is 0.0663. The number of methoxy groups -OCH3 is 1. The lowest BCUT2D eigenvalue weighted by Crippen LogP contribution is -2.56. The molecule has 0 saturated carbocycles. The van der Waals surface area contributed by atoms with Gasteiger partial charge in [0.2, 0.25) is 0 Å². The first-order valence-electron chi connectivity index (χ1n) is 11.2. The molecule has 0 aliphatic carbocycles. The molecule has 0 saturated heterocycles. The average Bonchev–Trinajstić information content (AvgIpc) is 3.00. The molecule has 0 radical (unpaired) electrons. The first-order valence-corrected chi connectivity index (χ1v) is 12.2. The summed E-state index contributed by atoms with van der Waals surface area (Å²) in [5, 5.41) is 2.22. The van der Waals surface area contributed by atoms with Crippen molar-refractivity contribution < 1.29 is 9.53 Å². The van der Waals surface area contributed by atoms with E-state index in [1.54, 1.807) is 26.3 Å². The topological polar surface area (TPSA) is 54.8 Å². The Kier molecular flexibility index (Phi) is 6.00. The van der Waals surface area contributed by atoms with E-state index in [0.717, 1.165) is 12.2 Å². The second-order valence-corrected chi connectivity index (χ2v) is 9.44. The highest BCUT2D eigenvalue weighted by Crippen LogP contribution is 2.42. The maximum Gasteiger partial charge on any atom is 0.274 e. The van der Waals surface area contributed by atoms with Gasteiger partial charge >= 0.3 is 0 Å². The van der Waals surface area contributed by atoms with E-state index in [-0.39, 0.29) is 17.4 Å². The third-order valence-corrected chi connectivity index (χ3v) is 7.56. The van der Waals surface area contributed by atoms with E-state index in [1.807, 2.05) is 21.3 Å². The minimum Gasteiger partial charge on any atom is -0.385 e. The molecule has 2 aliphatic rings. The van der Waals surface area contributed by atoms with Crippen molar-refractivity contribution in [2.75, 3.05) is 31.9 Å². The Morgan fingerprint density at radius 3 is 2.61 bits per heavy atom. The summed E-state index contributed by atoms with van der Waals surface area (Å²) in [6.45, 7) is 3.32. The zero-order valence-corrected chi connectivity index (χ0v) is 19.7. The molecule has 3 aromatic rings. The van der Waals surface area contributed by atoms with Crippen LogP contribution in [0.5, 0.6) is 0 Å². The molecule has 0 fully saturated rings. The van der Waals surface area contributed by atoms with Crippen LogP contribution in [0.1, 0.15) is 45.2 Å². The predicted octanol–water partition coefficient (Wildman–Crippen LogP) is 3.94. The van der Waals surface area contributed by atoms with Gasteiger partial charge in [-0.15, -0.1) is 11.8 Å². The Morgan fingerprint density at radius 1 is 1.03 bits per heavy atom. The number of amides is 1. The van der Waals surface area contributed by atoms with Gasteiger partial charge in [0.1, 0.15) is 12.4 Å². The molecule has 33 heavy (non-hydrogen) atoms. The van der Waals surface area contributed by atoms with E-state index in [2.05, 4.69) is 53.5 Å². The number of thioether (sulfide) groups is 1. The van der Waals surface area contributed by atoms with Crippen molar-refractivity contribution in [2.45, 2.75) is 30.0 Å². The van der Waals surface area contributed by atoms with Crippen molar-refractivity contribution in [3.63, 3.8) is 0 Å². The van der Waals surface area contributed by atoms with Crippen LogP contribution in [0.2, 0.25) is 0 Å². The molecule has 1 aromatic heterocycles.